The van der Waals surface area contributed by atoms with Gasteiger partial charge in [0.2, 0.25) is 0 Å². The number of para-hydroxylation sites is 1. The first-order valence-electron chi connectivity index (χ1n) is 10.7. The van der Waals surface area contributed by atoms with Gasteiger partial charge in [0.05, 0.1) is 11.4 Å². The Balaban J connectivity index is 1.46. The summed E-state index contributed by atoms with van der Waals surface area (Å²) in [4.78, 5) is 13.0. The molecule has 0 atom stereocenters. The number of benzene rings is 3. The lowest BCUT2D eigenvalue weighted by Crippen LogP contribution is -2.23. The van der Waals surface area contributed by atoms with Crippen LogP contribution in [0.5, 0.6) is 0 Å². The van der Waals surface area contributed by atoms with E-state index in [0.717, 1.165) is 44.6 Å². The molecule has 1 N–H and O–H groups in total. The zero-order chi connectivity index (χ0) is 22.9. The van der Waals surface area contributed by atoms with Gasteiger partial charge in [-0.2, -0.15) is 5.10 Å². The molecule has 0 aliphatic rings. The van der Waals surface area contributed by atoms with Gasteiger partial charge < -0.3 is 9.73 Å². The number of aromatic nitrogens is 2. The van der Waals surface area contributed by atoms with Crippen molar-refractivity contribution in [3.8, 4) is 16.9 Å². The molecule has 0 aliphatic heterocycles. The summed E-state index contributed by atoms with van der Waals surface area (Å²) < 4.78 is 7.70. The highest BCUT2D eigenvalue weighted by Gasteiger charge is 2.19. The number of carbonyl (C=O) groups excluding carboxylic acids is 1. The van der Waals surface area contributed by atoms with E-state index in [1.54, 1.807) is 0 Å². The second-order valence-corrected chi connectivity index (χ2v) is 8.46. The van der Waals surface area contributed by atoms with Gasteiger partial charge in [0.1, 0.15) is 5.58 Å². The van der Waals surface area contributed by atoms with Crippen LogP contribution in [0.15, 0.2) is 83.4 Å². The van der Waals surface area contributed by atoms with E-state index in [9.17, 15) is 4.79 Å². The first-order chi connectivity index (χ1) is 16.0. The highest BCUT2D eigenvalue weighted by molar-refractivity contribution is 6.30. The highest BCUT2D eigenvalue weighted by atomic mass is 35.5. The normalized spacial score (nSPS) is 11.1. The molecule has 3 aromatic carbocycles. The van der Waals surface area contributed by atoms with Gasteiger partial charge in [-0.25, -0.2) is 4.68 Å². The van der Waals surface area contributed by atoms with Crippen LogP contribution in [0.2, 0.25) is 5.02 Å². The Hall–Kier alpha value is -3.83. The third-order valence-electron chi connectivity index (χ3n) is 5.67. The second-order valence-electron chi connectivity index (χ2n) is 8.03. The van der Waals surface area contributed by atoms with Gasteiger partial charge in [0, 0.05) is 39.8 Å². The molecule has 5 aromatic rings. The SMILES string of the molecule is Cc1ccc2c(C)c(C(=O)NCc3cn(-c4ccccc4)nc3-c3ccc(Cl)cc3)oc2c1. The maximum atomic E-state index is 13.0. The molecule has 2 aromatic heterocycles. The van der Waals surface area contributed by atoms with Crippen LogP contribution in [0.3, 0.4) is 0 Å². The van der Waals surface area contributed by atoms with Crippen LogP contribution in [0.4, 0.5) is 0 Å². The molecule has 0 spiro atoms. The molecular weight excluding hydrogens is 434 g/mol. The summed E-state index contributed by atoms with van der Waals surface area (Å²) in [5.74, 6) is 0.0787. The number of hydrogen-bond acceptors (Lipinski definition) is 3. The van der Waals surface area contributed by atoms with Crippen molar-refractivity contribution in [3.05, 3.63) is 106 Å². The fourth-order valence-electron chi connectivity index (χ4n) is 3.91. The number of nitrogens with one attached hydrogen (secondary N) is 1. The average Bonchev–Trinajstić information content (AvgIpc) is 3.40. The largest absolute Gasteiger partial charge is 0.451 e. The molecule has 0 saturated heterocycles. The minimum Gasteiger partial charge on any atom is -0.451 e. The second kappa shape index (κ2) is 8.60. The first-order valence-corrected chi connectivity index (χ1v) is 11.1. The molecule has 2 heterocycles. The Labute approximate surface area is 196 Å². The number of nitrogens with zero attached hydrogens (tertiary/aromatic N) is 2. The zero-order valence-corrected chi connectivity index (χ0v) is 19.1. The van der Waals surface area contributed by atoms with Gasteiger partial charge in [-0.15, -0.1) is 0 Å². The molecule has 0 bridgehead atoms. The monoisotopic (exact) mass is 455 g/mol. The Bertz CT molecular complexity index is 1450. The fourth-order valence-corrected chi connectivity index (χ4v) is 4.03. The maximum absolute atomic E-state index is 13.0. The van der Waals surface area contributed by atoms with Crippen LogP contribution < -0.4 is 5.32 Å². The number of aryl methyl sites for hydroxylation is 2. The van der Waals surface area contributed by atoms with Crippen LogP contribution in [0, 0.1) is 13.8 Å². The number of furan rings is 1. The number of carbonyl (C=O) groups is 1. The predicted molar refractivity (Wildman–Crippen MR) is 131 cm³/mol. The summed E-state index contributed by atoms with van der Waals surface area (Å²) in [7, 11) is 0. The van der Waals surface area contributed by atoms with E-state index in [2.05, 4.69) is 5.32 Å². The molecule has 6 heteroatoms. The topological polar surface area (TPSA) is 60.1 Å². The molecule has 0 aliphatic carbocycles. The van der Waals surface area contributed by atoms with Crippen LogP contribution in [-0.4, -0.2) is 15.7 Å². The quantitative estimate of drug-likeness (QED) is 0.329. The Kier molecular flexibility index (Phi) is 5.48. The van der Waals surface area contributed by atoms with E-state index in [0.29, 0.717) is 17.3 Å². The van der Waals surface area contributed by atoms with E-state index in [1.807, 2.05) is 97.5 Å². The summed E-state index contributed by atoms with van der Waals surface area (Å²) in [6, 6.07) is 23.3. The van der Waals surface area contributed by atoms with Crippen molar-refractivity contribution in [2.75, 3.05) is 0 Å². The average molecular weight is 456 g/mol. The van der Waals surface area contributed by atoms with E-state index >= 15 is 0 Å². The third-order valence-corrected chi connectivity index (χ3v) is 5.92. The minimum atomic E-state index is -0.254. The lowest BCUT2D eigenvalue weighted by molar-refractivity contribution is 0.0924. The van der Waals surface area contributed by atoms with Crippen molar-refractivity contribution >= 4 is 28.5 Å². The van der Waals surface area contributed by atoms with E-state index in [4.69, 9.17) is 21.1 Å². The molecule has 33 heavy (non-hydrogen) atoms. The summed E-state index contributed by atoms with van der Waals surface area (Å²) >= 11 is 6.08. The summed E-state index contributed by atoms with van der Waals surface area (Å²) in [6.07, 6.45) is 1.94. The molecule has 1 amide bonds. The summed E-state index contributed by atoms with van der Waals surface area (Å²) in [5.41, 5.74) is 6.18. The van der Waals surface area contributed by atoms with Gasteiger partial charge in [-0.1, -0.05) is 54.1 Å². The van der Waals surface area contributed by atoms with Crippen molar-refractivity contribution in [1.82, 2.24) is 15.1 Å². The number of halogens is 1. The number of hydrogen-bond donors (Lipinski definition) is 1. The standard InChI is InChI=1S/C27H22ClN3O2/c1-17-8-13-23-18(2)26(33-24(23)14-17)27(32)29-15-20-16-31(22-6-4-3-5-7-22)30-25(20)19-9-11-21(28)12-10-19/h3-14,16H,15H2,1-2H3,(H,29,32). The maximum Gasteiger partial charge on any atom is 0.287 e. The smallest absolute Gasteiger partial charge is 0.287 e. The van der Waals surface area contributed by atoms with Crippen molar-refractivity contribution < 1.29 is 9.21 Å². The van der Waals surface area contributed by atoms with Crippen molar-refractivity contribution in [2.45, 2.75) is 20.4 Å². The van der Waals surface area contributed by atoms with Gasteiger partial charge in [-0.3, -0.25) is 4.79 Å². The highest BCUT2D eigenvalue weighted by Crippen LogP contribution is 2.27. The lowest BCUT2D eigenvalue weighted by Gasteiger charge is -2.05. The van der Waals surface area contributed by atoms with E-state index in [1.165, 1.54) is 0 Å². The fraction of sp³-hybridized carbons (Fsp3) is 0.111. The third kappa shape index (κ3) is 4.15. The van der Waals surface area contributed by atoms with E-state index in [-0.39, 0.29) is 5.91 Å². The Morgan fingerprint density at radius 2 is 1.79 bits per heavy atom. The minimum absolute atomic E-state index is 0.254. The molecular formula is C27H22ClN3O2. The van der Waals surface area contributed by atoms with Gasteiger partial charge in [-0.05, 0) is 49.7 Å². The Morgan fingerprint density at radius 1 is 1.03 bits per heavy atom. The van der Waals surface area contributed by atoms with Crippen molar-refractivity contribution in [2.24, 2.45) is 0 Å². The van der Waals surface area contributed by atoms with Crippen LogP contribution >= 0.6 is 11.6 Å². The van der Waals surface area contributed by atoms with E-state index < -0.39 is 0 Å². The summed E-state index contributed by atoms with van der Waals surface area (Å²) in [6.45, 7) is 4.21. The van der Waals surface area contributed by atoms with Crippen LogP contribution in [0.25, 0.3) is 27.9 Å². The summed E-state index contributed by atoms with van der Waals surface area (Å²) in [5, 5.41) is 9.41. The predicted octanol–water partition coefficient (Wildman–Crippen LogP) is 6.49. The molecule has 5 rings (SSSR count). The number of fused-ring (bicyclic) bond motifs is 1. The first kappa shape index (κ1) is 21.0. The molecule has 0 unspecified atom stereocenters. The zero-order valence-electron chi connectivity index (χ0n) is 18.3. The van der Waals surface area contributed by atoms with Crippen LogP contribution in [-0.2, 0) is 6.54 Å². The molecule has 0 saturated carbocycles. The Morgan fingerprint density at radius 3 is 2.55 bits per heavy atom. The number of amides is 1. The van der Waals surface area contributed by atoms with Gasteiger partial charge in [0.25, 0.3) is 5.91 Å². The molecule has 5 nitrogen and oxygen atoms in total. The number of rotatable bonds is 5. The van der Waals surface area contributed by atoms with Crippen LogP contribution in [0.1, 0.15) is 27.2 Å². The molecule has 0 radical (unpaired) electrons. The van der Waals surface area contributed by atoms with Gasteiger partial charge >= 0.3 is 0 Å². The molecule has 164 valence electrons. The van der Waals surface area contributed by atoms with Gasteiger partial charge in [0.15, 0.2) is 5.76 Å². The van der Waals surface area contributed by atoms with Crippen molar-refractivity contribution in [1.29, 1.82) is 0 Å². The molecule has 0 fully saturated rings. The lowest BCUT2D eigenvalue weighted by atomic mass is 10.1. The van der Waals surface area contributed by atoms with Crippen molar-refractivity contribution in [3.63, 3.8) is 0 Å².